The van der Waals surface area contributed by atoms with Gasteiger partial charge in [0.05, 0.1) is 26.0 Å². The molecule has 0 spiro atoms. The zero-order valence-corrected chi connectivity index (χ0v) is 21.4. The van der Waals surface area contributed by atoms with E-state index < -0.39 is 18.3 Å². The van der Waals surface area contributed by atoms with Gasteiger partial charge >= 0.3 is 6.18 Å². The molecule has 2 aromatic carbocycles. The van der Waals surface area contributed by atoms with Gasteiger partial charge in [-0.1, -0.05) is 18.2 Å². The van der Waals surface area contributed by atoms with Gasteiger partial charge in [-0.2, -0.15) is 18.3 Å². The third-order valence-electron chi connectivity index (χ3n) is 7.19. The van der Waals surface area contributed by atoms with Crippen LogP contribution in [0.15, 0.2) is 48.5 Å². The summed E-state index contributed by atoms with van der Waals surface area (Å²) in [4.78, 5) is 14.8. The number of amides is 1. The maximum Gasteiger partial charge on any atom is 0.410 e. The second-order valence-corrected chi connectivity index (χ2v) is 9.59. The third-order valence-corrected chi connectivity index (χ3v) is 7.19. The van der Waals surface area contributed by atoms with Crippen LogP contribution in [0.5, 0.6) is 11.5 Å². The van der Waals surface area contributed by atoms with Gasteiger partial charge in [-0.05, 0) is 36.8 Å². The number of hydrogen-bond acceptors (Lipinski definition) is 6. The van der Waals surface area contributed by atoms with Crippen LogP contribution in [0.1, 0.15) is 41.3 Å². The van der Waals surface area contributed by atoms with Gasteiger partial charge in [-0.25, -0.2) is 4.68 Å². The van der Waals surface area contributed by atoms with Crippen molar-refractivity contribution in [2.45, 2.75) is 37.6 Å². The smallest absolute Gasteiger partial charge is 0.410 e. The van der Waals surface area contributed by atoms with Crippen LogP contribution in [0.3, 0.4) is 0 Å². The molecule has 5 rings (SSSR count). The number of anilines is 1. The van der Waals surface area contributed by atoms with Crippen LogP contribution in [0, 0.1) is 0 Å². The van der Waals surface area contributed by atoms with E-state index in [4.69, 9.17) is 9.47 Å². The SMILES string of the molecule is COc1ccc(C2CC(C(F)(F)F)n3nc(-c4ccc(C(=O)N5CCNCC5C)cc4)cc3N2)cc1OC. The van der Waals surface area contributed by atoms with Crippen molar-refractivity contribution in [2.24, 2.45) is 0 Å². The number of benzene rings is 2. The lowest BCUT2D eigenvalue weighted by Gasteiger charge is -2.34. The fraction of sp³-hybridized carbons (Fsp3) is 0.407. The summed E-state index contributed by atoms with van der Waals surface area (Å²) < 4.78 is 54.1. The van der Waals surface area contributed by atoms with Crippen LogP contribution in [-0.4, -0.2) is 66.7 Å². The Morgan fingerprint density at radius 3 is 2.45 bits per heavy atom. The van der Waals surface area contributed by atoms with Gasteiger partial charge < -0.3 is 25.0 Å². The molecule has 202 valence electrons. The van der Waals surface area contributed by atoms with Crippen molar-refractivity contribution < 1.29 is 27.4 Å². The van der Waals surface area contributed by atoms with E-state index in [0.717, 1.165) is 17.8 Å². The fourth-order valence-electron chi connectivity index (χ4n) is 5.09. The number of aromatic nitrogens is 2. The number of fused-ring (bicyclic) bond motifs is 1. The molecule has 3 unspecified atom stereocenters. The number of rotatable bonds is 5. The van der Waals surface area contributed by atoms with Crippen LogP contribution in [0.4, 0.5) is 19.0 Å². The summed E-state index contributed by atoms with van der Waals surface area (Å²) in [6.45, 7) is 4.10. The number of alkyl halides is 3. The van der Waals surface area contributed by atoms with E-state index in [0.29, 0.717) is 40.4 Å². The number of carbonyl (C=O) groups excluding carboxylic acids is 1. The first kappa shape index (κ1) is 25.9. The predicted molar refractivity (Wildman–Crippen MR) is 137 cm³/mol. The highest BCUT2D eigenvalue weighted by Crippen LogP contribution is 2.45. The molecule has 3 atom stereocenters. The summed E-state index contributed by atoms with van der Waals surface area (Å²) in [6, 6.07) is 11.2. The monoisotopic (exact) mass is 529 g/mol. The van der Waals surface area contributed by atoms with E-state index in [9.17, 15) is 18.0 Å². The highest BCUT2D eigenvalue weighted by Gasteiger charge is 2.46. The first-order valence-electron chi connectivity index (χ1n) is 12.5. The normalized spacial score (nSPS) is 21.4. The highest BCUT2D eigenvalue weighted by atomic mass is 19.4. The Bertz CT molecular complexity index is 1310. The van der Waals surface area contributed by atoms with Crippen LogP contribution in [-0.2, 0) is 0 Å². The van der Waals surface area contributed by atoms with Gasteiger partial charge in [0.1, 0.15) is 5.82 Å². The van der Waals surface area contributed by atoms with Gasteiger partial charge in [-0.15, -0.1) is 0 Å². The minimum atomic E-state index is -4.49. The van der Waals surface area contributed by atoms with Gasteiger partial charge in [0, 0.05) is 49.3 Å². The zero-order valence-electron chi connectivity index (χ0n) is 21.4. The minimum absolute atomic E-state index is 0.0637. The van der Waals surface area contributed by atoms with Crippen molar-refractivity contribution in [2.75, 3.05) is 39.2 Å². The Morgan fingerprint density at radius 2 is 1.79 bits per heavy atom. The molecule has 1 fully saturated rings. The molecule has 1 amide bonds. The maximum absolute atomic E-state index is 14.2. The number of nitrogens with one attached hydrogen (secondary N) is 2. The molecular formula is C27H30F3N5O3. The van der Waals surface area contributed by atoms with Crippen LogP contribution in [0.2, 0.25) is 0 Å². The number of ether oxygens (including phenoxy) is 2. The first-order chi connectivity index (χ1) is 18.2. The average molecular weight is 530 g/mol. The molecule has 38 heavy (non-hydrogen) atoms. The summed E-state index contributed by atoms with van der Waals surface area (Å²) >= 11 is 0. The summed E-state index contributed by atoms with van der Waals surface area (Å²) in [6.07, 6.45) is -4.73. The molecule has 2 N–H and O–H groups in total. The highest BCUT2D eigenvalue weighted by molar-refractivity contribution is 5.95. The standard InChI is InChI=1S/C27H30F3N5O3/c1-16-15-31-10-11-34(16)26(36)18-6-4-17(5-7-18)21-14-25-32-20(13-24(27(28,29)30)35(25)33-21)19-8-9-22(37-2)23(12-19)38-3/h4-9,12,14,16,20,24,31-32H,10-11,13,15H2,1-3H3. The van der Waals surface area contributed by atoms with Crippen LogP contribution < -0.4 is 20.1 Å². The van der Waals surface area contributed by atoms with Crippen molar-refractivity contribution in [3.05, 3.63) is 59.7 Å². The molecule has 8 nitrogen and oxygen atoms in total. The average Bonchev–Trinajstić information content (AvgIpc) is 3.35. The van der Waals surface area contributed by atoms with E-state index in [1.54, 1.807) is 48.5 Å². The van der Waals surface area contributed by atoms with Gasteiger partial charge in [0.15, 0.2) is 17.5 Å². The summed E-state index contributed by atoms with van der Waals surface area (Å²) in [5.41, 5.74) is 2.20. The first-order valence-corrected chi connectivity index (χ1v) is 12.5. The molecular weight excluding hydrogens is 499 g/mol. The lowest BCUT2D eigenvalue weighted by molar-refractivity contribution is -0.173. The molecule has 3 heterocycles. The second kappa shape index (κ2) is 10.2. The quantitative estimate of drug-likeness (QED) is 0.501. The summed E-state index contributed by atoms with van der Waals surface area (Å²) in [5, 5.41) is 10.8. The van der Waals surface area contributed by atoms with Crippen molar-refractivity contribution in [1.82, 2.24) is 20.0 Å². The van der Waals surface area contributed by atoms with Gasteiger partial charge in [-0.3, -0.25) is 4.79 Å². The zero-order chi connectivity index (χ0) is 27.0. The Morgan fingerprint density at radius 1 is 1.05 bits per heavy atom. The molecule has 3 aromatic rings. The van der Waals surface area contributed by atoms with E-state index in [-0.39, 0.29) is 24.2 Å². The van der Waals surface area contributed by atoms with E-state index in [1.807, 2.05) is 11.8 Å². The molecule has 2 aliphatic heterocycles. The van der Waals surface area contributed by atoms with E-state index in [2.05, 4.69) is 15.7 Å². The van der Waals surface area contributed by atoms with Gasteiger partial charge in [0.2, 0.25) is 0 Å². The second-order valence-electron chi connectivity index (χ2n) is 9.59. The van der Waals surface area contributed by atoms with Crippen LogP contribution >= 0.6 is 0 Å². The predicted octanol–water partition coefficient (Wildman–Crippen LogP) is 4.66. The lowest BCUT2D eigenvalue weighted by Crippen LogP contribution is -2.52. The number of methoxy groups -OCH3 is 2. The Kier molecular flexibility index (Phi) is 6.95. The lowest BCUT2D eigenvalue weighted by atomic mass is 9.96. The molecule has 1 aromatic heterocycles. The third kappa shape index (κ3) is 4.90. The Hall–Kier alpha value is -3.73. The molecule has 2 aliphatic rings. The summed E-state index contributed by atoms with van der Waals surface area (Å²) in [5.74, 6) is 1.15. The van der Waals surface area contributed by atoms with Crippen molar-refractivity contribution >= 4 is 11.7 Å². The van der Waals surface area contributed by atoms with Crippen molar-refractivity contribution in [3.8, 4) is 22.8 Å². The maximum atomic E-state index is 14.2. The van der Waals surface area contributed by atoms with E-state index in [1.165, 1.54) is 14.2 Å². The molecule has 0 saturated carbocycles. The molecule has 0 aliphatic carbocycles. The van der Waals surface area contributed by atoms with Crippen LogP contribution in [0.25, 0.3) is 11.3 Å². The number of carbonyl (C=O) groups is 1. The molecule has 11 heteroatoms. The Labute approximate surface area is 218 Å². The number of halogens is 3. The van der Waals surface area contributed by atoms with Crippen molar-refractivity contribution in [1.29, 1.82) is 0 Å². The largest absolute Gasteiger partial charge is 0.493 e. The van der Waals surface area contributed by atoms with Crippen molar-refractivity contribution in [3.63, 3.8) is 0 Å². The fourth-order valence-corrected chi connectivity index (χ4v) is 5.09. The number of hydrogen-bond donors (Lipinski definition) is 2. The molecule has 1 saturated heterocycles. The minimum Gasteiger partial charge on any atom is -0.493 e. The number of nitrogens with zero attached hydrogens (tertiary/aromatic N) is 3. The summed E-state index contributed by atoms with van der Waals surface area (Å²) in [7, 11) is 2.99. The van der Waals surface area contributed by atoms with Gasteiger partial charge in [0.25, 0.3) is 5.91 Å². The number of piperazine rings is 1. The Balaban J connectivity index is 1.42. The molecule has 0 bridgehead atoms. The van der Waals surface area contributed by atoms with E-state index >= 15 is 0 Å². The molecule has 0 radical (unpaired) electrons. The topological polar surface area (TPSA) is 80.7 Å².